The third-order valence-electron chi connectivity index (χ3n) is 4.23. The number of carbonyl (C=O) groups is 2. The molecule has 0 saturated carbocycles. The van der Waals surface area contributed by atoms with Crippen molar-refractivity contribution in [2.75, 3.05) is 13.7 Å². The zero-order chi connectivity index (χ0) is 18.8. The summed E-state index contributed by atoms with van der Waals surface area (Å²) in [6.45, 7) is 0.115. The number of carboxylic acids is 1. The summed E-state index contributed by atoms with van der Waals surface area (Å²) in [5.41, 5.74) is -0.298. The minimum atomic E-state index is -1.13. The summed E-state index contributed by atoms with van der Waals surface area (Å²) < 4.78 is 19.2. The summed E-state index contributed by atoms with van der Waals surface area (Å²) in [6.07, 6.45) is -0.210. The SMILES string of the molecule is COC1CC(C(=O)O)N(C(=O)c2ccc(=O)n(-c3ccc(F)cc3)n2)C1. The molecule has 1 saturated heterocycles. The third-order valence-corrected chi connectivity index (χ3v) is 4.23. The van der Waals surface area contributed by atoms with Crippen molar-refractivity contribution in [3.8, 4) is 5.69 Å². The van der Waals surface area contributed by atoms with Crippen LogP contribution in [0.25, 0.3) is 5.69 Å². The van der Waals surface area contributed by atoms with Crippen LogP contribution in [0.4, 0.5) is 4.39 Å². The number of carbonyl (C=O) groups excluding carboxylic acids is 1. The molecule has 0 aliphatic carbocycles. The van der Waals surface area contributed by atoms with Crippen molar-refractivity contribution >= 4 is 11.9 Å². The second-order valence-electron chi connectivity index (χ2n) is 5.85. The van der Waals surface area contributed by atoms with Crippen LogP contribution < -0.4 is 5.56 Å². The highest BCUT2D eigenvalue weighted by Crippen LogP contribution is 2.22. The van der Waals surface area contributed by atoms with Gasteiger partial charge < -0.3 is 14.7 Å². The van der Waals surface area contributed by atoms with E-state index >= 15 is 0 Å². The Balaban J connectivity index is 1.95. The maximum Gasteiger partial charge on any atom is 0.326 e. The topological polar surface area (TPSA) is 102 Å². The van der Waals surface area contributed by atoms with Crippen molar-refractivity contribution in [2.45, 2.75) is 18.6 Å². The molecule has 26 heavy (non-hydrogen) atoms. The maximum atomic E-state index is 13.1. The van der Waals surface area contributed by atoms with Crippen molar-refractivity contribution in [2.24, 2.45) is 0 Å². The van der Waals surface area contributed by atoms with Gasteiger partial charge in [0.25, 0.3) is 11.5 Å². The van der Waals surface area contributed by atoms with Crippen LogP contribution in [-0.4, -0.2) is 57.5 Å². The lowest BCUT2D eigenvalue weighted by Crippen LogP contribution is -2.41. The zero-order valence-corrected chi connectivity index (χ0v) is 13.8. The van der Waals surface area contributed by atoms with E-state index in [4.69, 9.17) is 4.74 Å². The molecule has 2 atom stereocenters. The van der Waals surface area contributed by atoms with E-state index in [0.717, 1.165) is 15.6 Å². The molecule has 2 aromatic rings. The van der Waals surface area contributed by atoms with Crippen LogP contribution in [0.2, 0.25) is 0 Å². The van der Waals surface area contributed by atoms with Crippen molar-refractivity contribution in [1.82, 2.24) is 14.7 Å². The molecule has 1 aromatic carbocycles. The van der Waals surface area contributed by atoms with Crippen LogP contribution in [0.15, 0.2) is 41.2 Å². The molecule has 1 aliphatic heterocycles. The predicted molar refractivity (Wildman–Crippen MR) is 87.7 cm³/mol. The van der Waals surface area contributed by atoms with Crippen molar-refractivity contribution < 1.29 is 23.8 Å². The summed E-state index contributed by atoms with van der Waals surface area (Å²) in [5, 5.41) is 13.4. The first-order chi connectivity index (χ1) is 12.4. The van der Waals surface area contributed by atoms with Gasteiger partial charge in [-0.3, -0.25) is 9.59 Å². The molecule has 2 heterocycles. The number of halogens is 1. The maximum absolute atomic E-state index is 13.1. The van der Waals surface area contributed by atoms with E-state index in [1.54, 1.807) is 0 Å². The van der Waals surface area contributed by atoms with Crippen LogP contribution in [-0.2, 0) is 9.53 Å². The summed E-state index contributed by atoms with van der Waals surface area (Å²) in [6, 6.07) is 6.42. The molecule has 1 fully saturated rings. The van der Waals surface area contributed by atoms with E-state index in [1.165, 1.54) is 37.4 Å². The number of likely N-dealkylation sites (tertiary alicyclic amines) is 1. The van der Waals surface area contributed by atoms with Crippen LogP contribution in [0.3, 0.4) is 0 Å². The van der Waals surface area contributed by atoms with Gasteiger partial charge in [-0.15, -0.1) is 0 Å². The number of carboxylic acid groups (broad SMARTS) is 1. The Bertz CT molecular complexity index is 896. The van der Waals surface area contributed by atoms with Gasteiger partial charge in [0.15, 0.2) is 0 Å². The molecule has 136 valence electrons. The Morgan fingerprint density at radius 3 is 2.54 bits per heavy atom. The quantitative estimate of drug-likeness (QED) is 0.860. The Kier molecular flexibility index (Phi) is 4.81. The molecule has 8 nitrogen and oxygen atoms in total. The molecule has 1 N–H and O–H groups in total. The highest BCUT2D eigenvalue weighted by atomic mass is 19.1. The fraction of sp³-hybridized carbons (Fsp3) is 0.294. The number of rotatable bonds is 4. The molecule has 2 unspecified atom stereocenters. The predicted octanol–water partition coefficient (Wildman–Crippen LogP) is 0.686. The second kappa shape index (κ2) is 7.04. The van der Waals surface area contributed by atoms with E-state index < -0.39 is 29.3 Å². The van der Waals surface area contributed by atoms with Crippen molar-refractivity contribution in [1.29, 1.82) is 0 Å². The number of hydrogen-bond donors (Lipinski definition) is 1. The summed E-state index contributed by atoms with van der Waals surface area (Å²) >= 11 is 0. The minimum absolute atomic E-state index is 0.0862. The monoisotopic (exact) mass is 361 g/mol. The fourth-order valence-corrected chi connectivity index (χ4v) is 2.87. The molecular weight excluding hydrogens is 345 g/mol. The first kappa shape index (κ1) is 17.7. The number of benzene rings is 1. The van der Waals surface area contributed by atoms with E-state index in [0.29, 0.717) is 0 Å². The number of methoxy groups -OCH3 is 1. The van der Waals surface area contributed by atoms with E-state index in [1.807, 2.05) is 0 Å². The smallest absolute Gasteiger partial charge is 0.326 e. The van der Waals surface area contributed by atoms with Crippen molar-refractivity contribution in [3.63, 3.8) is 0 Å². The second-order valence-corrected chi connectivity index (χ2v) is 5.85. The van der Waals surface area contributed by atoms with Crippen LogP contribution >= 0.6 is 0 Å². The molecule has 1 amide bonds. The van der Waals surface area contributed by atoms with Gasteiger partial charge >= 0.3 is 5.97 Å². The van der Waals surface area contributed by atoms with Gasteiger partial charge in [-0.2, -0.15) is 9.78 Å². The minimum Gasteiger partial charge on any atom is -0.480 e. The Morgan fingerprint density at radius 2 is 1.92 bits per heavy atom. The molecule has 9 heteroatoms. The standard InChI is InChI=1S/C17H16FN3O5/c1-26-12-8-14(17(24)25)20(9-12)16(23)13-6-7-15(22)21(19-13)11-4-2-10(18)3-5-11/h2-7,12,14H,8-9H2,1H3,(H,24,25). The number of aromatic nitrogens is 2. The number of nitrogens with zero attached hydrogens (tertiary/aromatic N) is 3. The summed E-state index contributed by atoms with van der Waals surface area (Å²) in [5.74, 6) is -2.22. The first-order valence-electron chi connectivity index (χ1n) is 7.83. The molecule has 3 rings (SSSR count). The van der Waals surface area contributed by atoms with E-state index in [2.05, 4.69) is 5.10 Å². The number of aliphatic carboxylic acids is 1. The first-order valence-corrected chi connectivity index (χ1v) is 7.83. The average molecular weight is 361 g/mol. The third kappa shape index (κ3) is 3.33. The van der Waals surface area contributed by atoms with Crippen LogP contribution in [0, 0.1) is 5.82 Å². The lowest BCUT2D eigenvalue weighted by Gasteiger charge is -2.20. The largest absolute Gasteiger partial charge is 0.480 e. The molecule has 1 aromatic heterocycles. The highest BCUT2D eigenvalue weighted by molar-refractivity contribution is 5.95. The Hall–Kier alpha value is -3.07. The van der Waals surface area contributed by atoms with Gasteiger partial charge in [0.2, 0.25) is 0 Å². The lowest BCUT2D eigenvalue weighted by atomic mass is 10.2. The van der Waals surface area contributed by atoms with Gasteiger partial charge in [0.05, 0.1) is 11.8 Å². The van der Waals surface area contributed by atoms with E-state index in [9.17, 15) is 23.9 Å². The normalized spacial score (nSPS) is 19.5. The van der Waals surface area contributed by atoms with Gasteiger partial charge in [-0.25, -0.2) is 9.18 Å². The molecule has 1 aliphatic rings. The number of ether oxygens (including phenoxy) is 1. The van der Waals surface area contributed by atoms with Gasteiger partial charge in [-0.1, -0.05) is 0 Å². The highest BCUT2D eigenvalue weighted by Gasteiger charge is 2.40. The zero-order valence-electron chi connectivity index (χ0n) is 13.8. The summed E-state index contributed by atoms with van der Waals surface area (Å²) in [7, 11) is 1.45. The van der Waals surface area contributed by atoms with Gasteiger partial charge in [0, 0.05) is 26.1 Å². The van der Waals surface area contributed by atoms with Crippen LogP contribution in [0.1, 0.15) is 16.9 Å². The Morgan fingerprint density at radius 1 is 1.23 bits per heavy atom. The molecule has 0 radical (unpaired) electrons. The molecule has 0 bridgehead atoms. The van der Waals surface area contributed by atoms with E-state index in [-0.39, 0.29) is 30.5 Å². The Labute approximate surface area is 147 Å². The number of hydrogen-bond acceptors (Lipinski definition) is 5. The lowest BCUT2D eigenvalue weighted by molar-refractivity contribution is -0.141. The number of amides is 1. The van der Waals surface area contributed by atoms with Gasteiger partial charge in [0.1, 0.15) is 17.6 Å². The van der Waals surface area contributed by atoms with Crippen molar-refractivity contribution in [3.05, 3.63) is 58.3 Å². The van der Waals surface area contributed by atoms with Gasteiger partial charge in [-0.05, 0) is 30.3 Å². The fourth-order valence-electron chi connectivity index (χ4n) is 2.87. The van der Waals surface area contributed by atoms with Crippen LogP contribution in [0.5, 0.6) is 0 Å². The molecule has 0 spiro atoms. The molecular formula is C17H16FN3O5. The summed E-state index contributed by atoms with van der Waals surface area (Å²) in [4.78, 5) is 37.4. The average Bonchev–Trinajstić information content (AvgIpc) is 3.07.